The van der Waals surface area contributed by atoms with Gasteiger partial charge < -0.3 is 10.1 Å². The molecule has 0 aliphatic carbocycles. The molecule has 1 N–H and O–H groups in total. The second-order valence-corrected chi connectivity index (χ2v) is 2.26. The highest BCUT2D eigenvalue weighted by atomic mass is 16.6. The molecule has 0 radical (unpaired) electrons. The van der Waals surface area contributed by atoms with Gasteiger partial charge in [0.05, 0.1) is 16.9 Å². The zero-order chi connectivity index (χ0) is 8.27. The third kappa shape index (κ3) is 1.76. The van der Waals surface area contributed by atoms with Gasteiger partial charge in [-0.1, -0.05) is 13.3 Å². The number of aromatic amines is 1. The maximum Gasteiger partial charge on any atom is 0.389 e. The Kier molecular flexibility index (Phi) is 2.20. The van der Waals surface area contributed by atoms with Crippen LogP contribution in [0.5, 0.6) is 0 Å². The number of aryl methyl sites for hydroxylation is 1. The van der Waals surface area contributed by atoms with Gasteiger partial charge in [0.2, 0.25) is 0 Å². The summed E-state index contributed by atoms with van der Waals surface area (Å²) in [5.41, 5.74) is 0.819. The molecule has 1 rings (SSSR count). The van der Waals surface area contributed by atoms with Crippen molar-refractivity contribution in [2.45, 2.75) is 19.8 Å². The van der Waals surface area contributed by atoms with Crippen molar-refractivity contribution in [3.63, 3.8) is 0 Å². The molecule has 5 heteroatoms. The lowest BCUT2D eigenvalue weighted by atomic mass is 10.2. The van der Waals surface area contributed by atoms with Crippen LogP contribution in [-0.2, 0) is 6.42 Å². The normalized spacial score (nSPS) is 9.91. The molecule has 1 aromatic rings. The van der Waals surface area contributed by atoms with Crippen molar-refractivity contribution in [3.8, 4) is 0 Å². The maximum absolute atomic E-state index is 10.1. The lowest BCUT2D eigenvalue weighted by Gasteiger charge is -1.85. The highest BCUT2D eigenvalue weighted by Gasteiger charge is 2.09. The van der Waals surface area contributed by atoms with Crippen LogP contribution in [0.4, 0.5) is 5.82 Å². The summed E-state index contributed by atoms with van der Waals surface area (Å²) < 4.78 is 0. The van der Waals surface area contributed by atoms with E-state index in [-0.39, 0.29) is 5.82 Å². The molecule has 0 amide bonds. The first-order valence-corrected chi connectivity index (χ1v) is 3.42. The van der Waals surface area contributed by atoms with Gasteiger partial charge in [-0.25, -0.2) is 0 Å². The molecule has 0 saturated carbocycles. The summed E-state index contributed by atoms with van der Waals surface area (Å²) in [4.78, 5) is 9.64. The first kappa shape index (κ1) is 7.71. The van der Waals surface area contributed by atoms with Crippen LogP contribution in [0.2, 0.25) is 0 Å². The standard InChI is InChI=1S/C6H9N3O2/c1-2-3-5-4-6(8-7-5)9(10)11/h4H,2-3H2,1H3,(H,7,8). The van der Waals surface area contributed by atoms with Crippen molar-refractivity contribution in [3.05, 3.63) is 21.9 Å². The van der Waals surface area contributed by atoms with Crippen molar-refractivity contribution in [1.82, 2.24) is 10.2 Å². The van der Waals surface area contributed by atoms with Crippen molar-refractivity contribution in [2.75, 3.05) is 0 Å². The summed E-state index contributed by atoms with van der Waals surface area (Å²) in [6.45, 7) is 2.01. The minimum atomic E-state index is -0.504. The van der Waals surface area contributed by atoms with Gasteiger partial charge in [0.25, 0.3) is 0 Å². The molecule has 0 saturated heterocycles. The van der Waals surface area contributed by atoms with E-state index >= 15 is 0 Å². The van der Waals surface area contributed by atoms with Crippen LogP contribution >= 0.6 is 0 Å². The van der Waals surface area contributed by atoms with Crippen molar-refractivity contribution < 1.29 is 4.92 Å². The Labute approximate surface area is 63.6 Å². The fourth-order valence-electron chi connectivity index (χ4n) is 0.840. The Hall–Kier alpha value is -1.39. The highest BCUT2D eigenvalue weighted by Crippen LogP contribution is 2.08. The molecular formula is C6H9N3O2. The van der Waals surface area contributed by atoms with Crippen LogP contribution in [0.1, 0.15) is 19.0 Å². The lowest BCUT2D eigenvalue weighted by Crippen LogP contribution is -1.86. The van der Waals surface area contributed by atoms with Crippen molar-refractivity contribution in [1.29, 1.82) is 0 Å². The van der Waals surface area contributed by atoms with E-state index in [4.69, 9.17) is 0 Å². The molecule has 60 valence electrons. The van der Waals surface area contributed by atoms with Crippen LogP contribution in [0.3, 0.4) is 0 Å². The first-order chi connectivity index (χ1) is 5.24. The molecular weight excluding hydrogens is 146 g/mol. The number of nitrogens with zero attached hydrogens (tertiary/aromatic N) is 2. The largest absolute Gasteiger partial charge is 0.389 e. The van der Waals surface area contributed by atoms with Crippen molar-refractivity contribution >= 4 is 5.82 Å². The molecule has 0 atom stereocenters. The number of aromatic nitrogens is 2. The number of hydrogen-bond acceptors (Lipinski definition) is 3. The SMILES string of the molecule is CCCc1cc([N+](=O)[O-])n[nH]1. The van der Waals surface area contributed by atoms with E-state index in [9.17, 15) is 10.1 Å². The van der Waals surface area contributed by atoms with E-state index in [1.807, 2.05) is 6.92 Å². The summed E-state index contributed by atoms with van der Waals surface area (Å²) in [6.07, 6.45) is 1.76. The molecule has 5 nitrogen and oxygen atoms in total. The minimum absolute atomic E-state index is 0.103. The second-order valence-electron chi connectivity index (χ2n) is 2.26. The van der Waals surface area contributed by atoms with Gasteiger partial charge in [-0.05, 0) is 11.3 Å². The van der Waals surface area contributed by atoms with Crippen molar-refractivity contribution in [2.24, 2.45) is 0 Å². The van der Waals surface area contributed by atoms with Gasteiger partial charge in [-0.15, -0.1) is 0 Å². The van der Waals surface area contributed by atoms with E-state index in [1.54, 1.807) is 0 Å². The van der Waals surface area contributed by atoms with Crippen LogP contribution in [0.25, 0.3) is 0 Å². The van der Waals surface area contributed by atoms with Gasteiger partial charge in [0, 0.05) is 0 Å². The Balaban J connectivity index is 2.73. The Morgan fingerprint density at radius 2 is 2.55 bits per heavy atom. The fourth-order valence-corrected chi connectivity index (χ4v) is 0.840. The van der Waals surface area contributed by atoms with Crippen LogP contribution in [0, 0.1) is 10.1 Å². The first-order valence-electron chi connectivity index (χ1n) is 3.42. The van der Waals surface area contributed by atoms with E-state index in [0.717, 1.165) is 18.5 Å². The summed E-state index contributed by atoms with van der Waals surface area (Å²) in [6, 6.07) is 1.46. The number of rotatable bonds is 3. The molecule has 0 bridgehead atoms. The molecule has 0 spiro atoms. The summed E-state index contributed by atoms with van der Waals surface area (Å²) >= 11 is 0. The van der Waals surface area contributed by atoms with E-state index in [1.165, 1.54) is 6.07 Å². The number of nitro groups is 1. The Morgan fingerprint density at radius 1 is 1.82 bits per heavy atom. The second kappa shape index (κ2) is 3.14. The smallest absolute Gasteiger partial charge is 0.358 e. The molecule has 1 aromatic heterocycles. The maximum atomic E-state index is 10.1. The zero-order valence-corrected chi connectivity index (χ0v) is 6.20. The topological polar surface area (TPSA) is 71.8 Å². The Morgan fingerprint density at radius 3 is 3.00 bits per heavy atom. The zero-order valence-electron chi connectivity index (χ0n) is 6.20. The van der Waals surface area contributed by atoms with E-state index in [0.29, 0.717) is 0 Å². The molecule has 1 heterocycles. The molecule has 0 aromatic carbocycles. The third-order valence-corrected chi connectivity index (χ3v) is 1.32. The minimum Gasteiger partial charge on any atom is -0.358 e. The van der Waals surface area contributed by atoms with Gasteiger partial charge in [-0.3, -0.25) is 0 Å². The molecule has 0 aliphatic rings. The molecule has 0 aliphatic heterocycles. The average molecular weight is 155 g/mol. The third-order valence-electron chi connectivity index (χ3n) is 1.32. The summed E-state index contributed by atoms with van der Waals surface area (Å²) in [7, 11) is 0. The van der Waals surface area contributed by atoms with Crippen LogP contribution in [-0.4, -0.2) is 15.1 Å². The van der Waals surface area contributed by atoms with Gasteiger partial charge in [0.15, 0.2) is 0 Å². The quantitative estimate of drug-likeness (QED) is 0.527. The Bertz CT molecular complexity index is 256. The predicted molar refractivity (Wildman–Crippen MR) is 39.2 cm³/mol. The number of nitrogens with one attached hydrogen (secondary N) is 1. The molecule has 0 fully saturated rings. The molecule has 11 heavy (non-hydrogen) atoms. The number of H-pyrrole nitrogens is 1. The lowest BCUT2D eigenvalue weighted by molar-refractivity contribution is -0.389. The summed E-state index contributed by atoms with van der Waals surface area (Å²) in [5.74, 6) is -0.103. The summed E-state index contributed by atoms with van der Waals surface area (Å²) in [5, 5.41) is 16.2. The van der Waals surface area contributed by atoms with Crippen LogP contribution in [0.15, 0.2) is 6.07 Å². The fraction of sp³-hybridized carbons (Fsp3) is 0.500. The van der Waals surface area contributed by atoms with E-state index in [2.05, 4.69) is 10.2 Å². The van der Waals surface area contributed by atoms with Gasteiger partial charge in [0.1, 0.15) is 0 Å². The van der Waals surface area contributed by atoms with Gasteiger partial charge in [-0.2, -0.15) is 5.10 Å². The monoisotopic (exact) mass is 155 g/mol. The van der Waals surface area contributed by atoms with E-state index < -0.39 is 4.92 Å². The average Bonchev–Trinajstić information content (AvgIpc) is 2.37. The van der Waals surface area contributed by atoms with Crippen LogP contribution < -0.4 is 0 Å². The number of hydrogen-bond donors (Lipinski definition) is 1. The predicted octanol–water partition coefficient (Wildman–Crippen LogP) is 1.27. The molecule has 0 unspecified atom stereocenters. The van der Waals surface area contributed by atoms with Gasteiger partial charge >= 0.3 is 5.82 Å². The highest BCUT2D eigenvalue weighted by molar-refractivity contribution is 5.20.